The number of amides is 1. The molecule has 8 heteroatoms. The smallest absolute Gasteiger partial charge is 0.312 e. The minimum Gasteiger partial charge on any atom is -0.497 e. The quantitative estimate of drug-likeness (QED) is 0.823. The molecular formula is C21H20ClNO6. The first kappa shape index (κ1) is 19.4. The van der Waals surface area contributed by atoms with Gasteiger partial charge in [0.1, 0.15) is 19.0 Å². The van der Waals surface area contributed by atoms with E-state index in [2.05, 4.69) is 0 Å². The van der Waals surface area contributed by atoms with Crippen molar-refractivity contribution in [1.82, 2.24) is 4.90 Å². The van der Waals surface area contributed by atoms with E-state index in [0.29, 0.717) is 53.2 Å². The predicted octanol–water partition coefficient (Wildman–Crippen LogP) is 2.87. The Bertz CT molecular complexity index is 976. The van der Waals surface area contributed by atoms with Crippen LogP contribution in [0.1, 0.15) is 22.6 Å². The Hall–Kier alpha value is -2.93. The van der Waals surface area contributed by atoms with Gasteiger partial charge in [-0.2, -0.15) is 0 Å². The summed E-state index contributed by atoms with van der Waals surface area (Å²) in [5.41, 5.74) is 2.18. The molecule has 2 aliphatic rings. The van der Waals surface area contributed by atoms with E-state index in [1.54, 1.807) is 29.2 Å². The van der Waals surface area contributed by atoms with Gasteiger partial charge in [-0.3, -0.25) is 9.59 Å². The molecule has 1 N–H and O–H groups in total. The van der Waals surface area contributed by atoms with Crippen molar-refractivity contribution in [2.24, 2.45) is 0 Å². The first-order valence-corrected chi connectivity index (χ1v) is 9.59. The summed E-state index contributed by atoms with van der Waals surface area (Å²) in [6.45, 7) is 1.31. The van der Waals surface area contributed by atoms with Crippen molar-refractivity contribution in [3.05, 3.63) is 52.0 Å². The second-order valence-electron chi connectivity index (χ2n) is 7.01. The Balaban J connectivity index is 1.56. The molecule has 7 nitrogen and oxygen atoms in total. The first-order chi connectivity index (χ1) is 14.0. The summed E-state index contributed by atoms with van der Waals surface area (Å²) in [5, 5.41) is 10.1. The highest BCUT2D eigenvalue weighted by Crippen LogP contribution is 2.39. The van der Waals surface area contributed by atoms with Crippen molar-refractivity contribution in [2.75, 3.05) is 26.9 Å². The number of hydrogen-bond donors (Lipinski definition) is 1. The topological polar surface area (TPSA) is 85.3 Å². The van der Waals surface area contributed by atoms with Crippen molar-refractivity contribution in [1.29, 1.82) is 0 Å². The largest absolute Gasteiger partial charge is 0.497 e. The van der Waals surface area contributed by atoms with E-state index in [1.807, 2.05) is 6.07 Å². The number of carbonyl (C=O) groups is 2. The minimum absolute atomic E-state index is 0.0915. The van der Waals surface area contributed by atoms with E-state index in [-0.39, 0.29) is 18.9 Å². The lowest BCUT2D eigenvalue weighted by Gasteiger charge is -2.33. The van der Waals surface area contributed by atoms with E-state index in [9.17, 15) is 14.7 Å². The molecule has 1 atom stereocenters. The van der Waals surface area contributed by atoms with Crippen LogP contribution < -0.4 is 14.2 Å². The van der Waals surface area contributed by atoms with E-state index in [4.69, 9.17) is 25.8 Å². The van der Waals surface area contributed by atoms with Crippen molar-refractivity contribution in [3.63, 3.8) is 0 Å². The zero-order chi connectivity index (χ0) is 20.5. The van der Waals surface area contributed by atoms with Gasteiger partial charge < -0.3 is 24.2 Å². The Kier molecular flexibility index (Phi) is 5.24. The molecule has 2 heterocycles. The van der Waals surface area contributed by atoms with Crippen LogP contribution in [0.3, 0.4) is 0 Å². The third kappa shape index (κ3) is 3.82. The van der Waals surface area contributed by atoms with Crippen LogP contribution in [-0.4, -0.2) is 48.8 Å². The molecule has 0 bridgehead atoms. The lowest BCUT2D eigenvalue weighted by atomic mass is 9.89. The van der Waals surface area contributed by atoms with Crippen molar-refractivity contribution in [2.45, 2.75) is 18.9 Å². The molecule has 0 spiro atoms. The van der Waals surface area contributed by atoms with Gasteiger partial charge in [0.25, 0.3) is 0 Å². The summed E-state index contributed by atoms with van der Waals surface area (Å²) in [4.78, 5) is 26.3. The standard InChI is InChI=1S/C21H20ClNO6/c1-27-14-3-2-13-10-23(11-16(21(25)26)15(13)9-14)19(24)8-12-6-17(22)20-18(7-12)28-4-5-29-20/h2-3,6-7,9,16H,4-5,8,10-11H2,1H3,(H,25,26). The maximum Gasteiger partial charge on any atom is 0.312 e. The molecule has 2 aliphatic heterocycles. The minimum atomic E-state index is -0.973. The molecule has 1 amide bonds. The van der Waals surface area contributed by atoms with Gasteiger partial charge in [0, 0.05) is 13.1 Å². The van der Waals surface area contributed by atoms with Gasteiger partial charge >= 0.3 is 5.97 Å². The highest BCUT2D eigenvalue weighted by atomic mass is 35.5. The maximum absolute atomic E-state index is 12.9. The molecule has 29 heavy (non-hydrogen) atoms. The molecular weight excluding hydrogens is 398 g/mol. The number of carboxylic acids is 1. The molecule has 0 fully saturated rings. The predicted molar refractivity (Wildman–Crippen MR) is 105 cm³/mol. The van der Waals surface area contributed by atoms with E-state index in [1.165, 1.54) is 7.11 Å². The number of halogens is 1. The van der Waals surface area contributed by atoms with Gasteiger partial charge in [0.2, 0.25) is 5.91 Å². The van der Waals surface area contributed by atoms with Crippen LogP contribution in [0.4, 0.5) is 0 Å². The van der Waals surface area contributed by atoms with Crippen LogP contribution in [0.2, 0.25) is 5.02 Å². The van der Waals surface area contributed by atoms with Gasteiger partial charge in [-0.1, -0.05) is 17.7 Å². The van der Waals surface area contributed by atoms with Gasteiger partial charge in [0.15, 0.2) is 11.5 Å². The molecule has 152 valence electrons. The van der Waals surface area contributed by atoms with E-state index in [0.717, 1.165) is 5.56 Å². The number of aliphatic carboxylic acids is 1. The Morgan fingerprint density at radius 3 is 2.79 bits per heavy atom. The normalized spacial score (nSPS) is 17.4. The molecule has 1 unspecified atom stereocenters. The molecule has 0 saturated carbocycles. The molecule has 0 radical (unpaired) electrons. The Labute approximate surface area is 172 Å². The van der Waals surface area contributed by atoms with Crippen LogP contribution in [-0.2, 0) is 22.6 Å². The third-order valence-corrected chi connectivity index (χ3v) is 5.44. The number of carbonyl (C=O) groups excluding carboxylic acids is 1. The van der Waals surface area contributed by atoms with Gasteiger partial charge in [-0.25, -0.2) is 0 Å². The molecule has 0 aromatic heterocycles. The SMILES string of the molecule is COc1ccc2c(c1)C(C(=O)O)CN(C(=O)Cc1cc(Cl)c3c(c1)OCCO3)C2. The van der Waals surface area contributed by atoms with Crippen LogP contribution in [0.25, 0.3) is 0 Å². The van der Waals surface area contributed by atoms with Crippen molar-refractivity contribution < 1.29 is 28.9 Å². The summed E-state index contributed by atoms with van der Waals surface area (Å²) < 4.78 is 16.3. The number of carboxylic acid groups (broad SMARTS) is 1. The van der Waals surface area contributed by atoms with Gasteiger partial charge in [0.05, 0.1) is 24.5 Å². The molecule has 0 aliphatic carbocycles. The summed E-state index contributed by atoms with van der Waals surface area (Å²) in [7, 11) is 1.54. The van der Waals surface area contributed by atoms with Gasteiger partial charge in [-0.05, 0) is 41.0 Å². The monoisotopic (exact) mass is 417 g/mol. The number of rotatable bonds is 4. The second-order valence-corrected chi connectivity index (χ2v) is 7.42. The first-order valence-electron chi connectivity index (χ1n) is 9.21. The highest BCUT2D eigenvalue weighted by molar-refractivity contribution is 6.32. The van der Waals surface area contributed by atoms with E-state index >= 15 is 0 Å². The number of fused-ring (bicyclic) bond motifs is 2. The van der Waals surface area contributed by atoms with Crippen molar-refractivity contribution >= 4 is 23.5 Å². The zero-order valence-electron chi connectivity index (χ0n) is 15.8. The van der Waals surface area contributed by atoms with Crippen LogP contribution >= 0.6 is 11.6 Å². The molecule has 2 aromatic rings. The number of benzene rings is 2. The summed E-state index contributed by atoms with van der Waals surface area (Å²) >= 11 is 6.26. The number of methoxy groups -OCH3 is 1. The molecule has 0 saturated heterocycles. The average Bonchev–Trinajstić information content (AvgIpc) is 2.72. The summed E-state index contributed by atoms with van der Waals surface area (Å²) in [6.07, 6.45) is 0.0915. The van der Waals surface area contributed by atoms with E-state index < -0.39 is 11.9 Å². The van der Waals surface area contributed by atoms with Crippen LogP contribution in [0, 0.1) is 0 Å². The van der Waals surface area contributed by atoms with Crippen LogP contribution in [0.15, 0.2) is 30.3 Å². The fourth-order valence-corrected chi connectivity index (χ4v) is 4.00. The van der Waals surface area contributed by atoms with Crippen molar-refractivity contribution in [3.8, 4) is 17.2 Å². The van der Waals surface area contributed by atoms with Crippen LogP contribution in [0.5, 0.6) is 17.2 Å². The number of nitrogens with zero attached hydrogens (tertiary/aromatic N) is 1. The lowest BCUT2D eigenvalue weighted by molar-refractivity contribution is -0.141. The number of hydrogen-bond acceptors (Lipinski definition) is 5. The second kappa shape index (κ2) is 7.83. The third-order valence-electron chi connectivity index (χ3n) is 5.16. The molecule has 2 aromatic carbocycles. The molecule has 4 rings (SSSR count). The van der Waals surface area contributed by atoms with Gasteiger partial charge in [-0.15, -0.1) is 0 Å². The maximum atomic E-state index is 12.9. The summed E-state index contributed by atoms with van der Waals surface area (Å²) in [6, 6.07) is 8.74. The summed E-state index contributed by atoms with van der Waals surface area (Å²) in [5.74, 6) is -0.348. The fourth-order valence-electron chi connectivity index (χ4n) is 3.71. The number of ether oxygens (including phenoxy) is 3. The highest BCUT2D eigenvalue weighted by Gasteiger charge is 2.33. The lowest BCUT2D eigenvalue weighted by Crippen LogP contribution is -2.41. The zero-order valence-corrected chi connectivity index (χ0v) is 16.6. The Morgan fingerprint density at radius 2 is 2.03 bits per heavy atom. The Morgan fingerprint density at radius 1 is 1.24 bits per heavy atom. The average molecular weight is 418 g/mol. The fraction of sp³-hybridized carbons (Fsp3) is 0.333.